The number of hydrogen-bond acceptors (Lipinski definition) is 3. The number of carbonyl (C=O) groups is 1. The van der Waals surface area contributed by atoms with Crippen molar-refractivity contribution in [2.24, 2.45) is 0 Å². The van der Waals surface area contributed by atoms with Gasteiger partial charge in [-0.05, 0) is 55.2 Å². The molecule has 0 aliphatic heterocycles. The number of ether oxygens (including phenoxy) is 1. The summed E-state index contributed by atoms with van der Waals surface area (Å²) < 4.78 is 5.64. The average molecular weight is 322 g/mol. The highest BCUT2D eigenvalue weighted by molar-refractivity contribution is 5.76. The van der Waals surface area contributed by atoms with Gasteiger partial charge in [0.05, 0.1) is 18.2 Å². The summed E-state index contributed by atoms with van der Waals surface area (Å²) in [6, 6.07) is 17.3. The maximum Gasteiger partial charge on any atom is 0.220 e. The van der Waals surface area contributed by atoms with E-state index in [2.05, 4.69) is 11.4 Å². The first kappa shape index (κ1) is 17.6. The number of benzene rings is 2. The highest BCUT2D eigenvalue weighted by atomic mass is 16.5. The number of aryl methyl sites for hydroxylation is 2. The number of amides is 1. The smallest absolute Gasteiger partial charge is 0.220 e. The number of nitriles is 1. The Bertz CT molecular complexity index is 702. The zero-order valence-corrected chi connectivity index (χ0v) is 13.9. The largest absolute Gasteiger partial charge is 0.494 e. The van der Waals surface area contributed by atoms with E-state index in [-0.39, 0.29) is 5.91 Å². The van der Waals surface area contributed by atoms with E-state index in [0.29, 0.717) is 31.6 Å². The van der Waals surface area contributed by atoms with E-state index in [1.807, 2.05) is 43.3 Å². The average Bonchev–Trinajstić information content (AvgIpc) is 2.60. The van der Waals surface area contributed by atoms with E-state index in [1.165, 1.54) is 5.56 Å². The molecule has 4 nitrogen and oxygen atoms in total. The molecule has 4 heteroatoms. The number of carbonyl (C=O) groups excluding carboxylic acids is 1. The van der Waals surface area contributed by atoms with Crippen molar-refractivity contribution < 1.29 is 9.53 Å². The SMILES string of the molecule is Cc1cccc(OCCCNC(=O)CCc2ccc(C#N)cc2)c1. The molecule has 0 bridgehead atoms. The molecule has 0 aliphatic rings. The van der Waals surface area contributed by atoms with Crippen molar-refractivity contribution in [3.63, 3.8) is 0 Å². The van der Waals surface area contributed by atoms with Crippen LogP contribution in [0.3, 0.4) is 0 Å². The van der Waals surface area contributed by atoms with Crippen molar-refractivity contribution in [2.75, 3.05) is 13.2 Å². The summed E-state index contributed by atoms with van der Waals surface area (Å²) in [6.07, 6.45) is 1.90. The van der Waals surface area contributed by atoms with E-state index < -0.39 is 0 Å². The minimum absolute atomic E-state index is 0.0370. The van der Waals surface area contributed by atoms with E-state index in [0.717, 1.165) is 17.7 Å². The monoisotopic (exact) mass is 322 g/mol. The first-order valence-electron chi connectivity index (χ1n) is 8.12. The third-order valence-electron chi connectivity index (χ3n) is 3.63. The van der Waals surface area contributed by atoms with Gasteiger partial charge in [-0.15, -0.1) is 0 Å². The van der Waals surface area contributed by atoms with Gasteiger partial charge in [0.2, 0.25) is 5.91 Å². The van der Waals surface area contributed by atoms with Gasteiger partial charge >= 0.3 is 0 Å². The molecule has 0 radical (unpaired) electrons. The second-order valence-corrected chi connectivity index (χ2v) is 5.68. The Labute approximate surface area is 143 Å². The topological polar surface area (TPSA) is 62.1 Å². The molecule has 124 valence electrons. The van der Waals surface area contributed by atoms with Crippen LogP contribution in [-0.2, 0) is 11.2 Å². The molecule has 0 fully saturated rings. The fraction of sp³-hybridized carbons (Fsp3) is 0.300. The van der Waals surface area contributed by atoms with Crippen LogP contribution in [0.1, 0.15) is 29.5 Å². The Kier molecular flexibility index (Phi) is 6.85. The molecule has 0 saturated heterocycles. The van der Waals surface area contributed by atoms with Crippen LogP contribution in [0, 0.1) is 18.3 Å². The molecule has 0 unspecified atom stereocenters. The van der Waals surface area contributed by atoms with Crippen LogP contribution in [0.2, 0.25) is 0 Å². The zero-order chi connectivity index (χ0) is 17.2. The number of nitrogens with zero attached hydrogens (tertiary/aromatic N) is 1. The molecule has 0 aliphatic carbocycles. The van der Waals surface area contributed by atoms with Crippen LogP contribution in [0.4, 0.5) is 0 Å². The van der Waals surface area contributed by atoms with Crippen LogP contribution in [0.25, 0.3) is 0 Å². The molecular weight excluding hydrogens is 300 g/mol. The highest BCUT2D eigenvalue weighted by Gasteiger charge is 2.02. The maximum atomic E-state index is 11.8. The predicted molar refractivity (Wildman–Crippen MR) is 93.8 cm³/mol. The number of nitrogens with one attached hydrogen (secondary N) is 1. The van der Waals surface area contributed by atoms with E-state index >= 15 is 0 Å². The van der Waals surface area contributed by atoms with Gasteiger partial charge in [-0.1, -0.05) is 24.3 Å². The van der Waals surface area contributed by atoms with Crippen LogP contribution in [-0.4, -0.2) is 19.1 Å². The van der Waals surface area contributed by atoms with Gasteiger partial charge in [-0.3, -0.25) is 4.79 Å². The fourth-order valence-corrected chi connectivity index (χ4v) is 2.29. The normalized spacial score (nSPS) is 10.0. The molecule has 0 atom stereocenters. The molecule has 0 aromatic heterocycles. The van der Waals surface area contributed by atoms with Gasteiger partial charge in [0, 0.05) is 13.0 Å². The van der Waals surface area contributed by atoms with Crippen molar-refractivity contribution in [3.8, 4) is 11.8 Å². The predicted octanol–water partition coefficient (Wildman–Crippen LogP) is 3.38. The van der Waals surface area contributed by atoms with Gasteiger partial charge in [0.1, 0.15) is 5.75 Å². The molecule has 2 rings (SSSR count). The third-order valence-corrected chi connectivity index (χ3v) is 3.63. The summed E-state index contributed by atoms with van der Waals surface area (Å²) in [6.45, 7) is 3.22. The Balaban J connectivity index is 1.58. The van der Waals surface area contributed by atoms with Crippen LogP contribution >= 0.6 is 0 Å². The first-order valence-corrected chi connectivity index (χ1v) is 8.12. The number of rotatable bonds is 8. The second-order valence-electron chi connectivity index (χ2n) is 5.68. The minimum atomic E-state index is 0.0370. The summed E-state index contributed by atoms with van der Waals surface area (Å²) in [7, 11) is 0. The lowest BCUT2D eigenvalue weighted by molar-refractivity contribution is -0.121. The second kappa shape index (κ2) is 9.36. The lowest BCUT2D eigenvalue weighted by Crippen LogP contribution is -2.25. The molecule has 1 amide bonds. The first-order chi connectivity index (χ1) is 11.7. The van der Waals surface area contributed by atoms with Gasteiger partial charge in [-0.2, -0.15) is 5.26 Å². The molecule has 2 aromatic carbocycles. The summed E-state index contributed by atoms with van der Waals surface area (Å²) in [4.78, 5) is 11.8. The molecular formula is C20H22N2O2. The van der Waals surface area contributed by atoms with Crippen LogP contribution < -0.4 is 10.1 Å². The van der Waals surface area contributed by atoms with E-state index in [9.17, 15) is 4.79 Å². The summed E-state index contributed by atoms with van der Waals surface area (Å²) in [5, 5.41) is 11.7. The van der Waals surface area contributed by atoms with Crippen LogP contribution in [0.15, 0.2) is 48.5 Å². The lowest BCUT2D eigenvalue weighted by Gasteiger charge is -2.08. The molecule has 0 spiro atoms. The van der Waals surface area contributed by atoms with Gasteiger partial charge in [0.15, 0.2) is 0 Å². The molecule has 0 heterocycles. The van der Waals surface area contributed by atoms with Gasteiger partial charge in [0.25, 0.3) is 0 Å². The third kappa shape index (κ3) is 6.13. The quantitative estimate of drug-likeness (QED) is 0.758. The Morgan fingerprint density at radius 2 is 2.00 bits per heavy atom. The number of hydrogen-bond donors (Lipinski definition) is 1. The van der Waals surface area contributed by atoms with Crippen molar-refractivity contribution in [3.05, 3.63) is 65.2 Å². The van der Waals surface area contributed by atoms with E-state index in [1.54, 1.807) is 12.1 Å². The van der Waals surface area contributed by atoms with Crippen molar-refractivity contribution in [2.45, 2.75) is 26.2 Å². The molecule has 24 heavy (non-hydrogen) atoms. The highest BCUT2D eigenvalue weighted by Crippen LogP contribution is 2.12. The zero-order valence-electron chi connectivity index (χ0n) is 13.9. The van der Waals surface area contributed by atoms with Crippen molar-refractivity contribution >= 4 is 5.91 Å². The Morgan fingerprint density at radius 1 is 1.21 bits per heavy atom. The maximum absolute atomic E-state index is 11.8. The van der Waals surface area contributed by atoms with Crippen LogP contribution in [0.5, 0.6) is 5.75 Å². The minimum Gasteiger partial charge on any atom is -0.494 e. The van der Waals surface area contributed by atoms with Gasteiger partial charge < -0.3 is 10.1 Å². The molecule has 0 saturated carbocycles. The van der Waals surface area contributed by atoms with Gasteiger partial charge in [-0.25, -0.2) is 0 Å². The van der Waals surface area contributed by atoms with Crippen molar-refractivity contribution in [1.82, 2.24) is 5.32 Å². The molecule has 1 N–H and O–H groups in total. The lowest BCUT2D eigenvalue weighted by atomic mass is 10.1. The summed E-state index contributed by atoms with van der Waals surface area (Å²) >= 11 is 0. The summed E-state index contributed by atoms with van der Waals surface area (Å²) in [5.41, 5.74) is 2.87. The standard InChI is InChI=1S/C20H22N2O2/c1-16-4-2-5-19(14-16)24-13-3-12-22-20(23)11-10-17-6-8-18(15-21)9-7-17/h2,4-9,14H,3,10-13H2,1H3,(H,22,23). The van der Waals surface area contributed by atoms with Crippen molar-refractivity contribution in [1.29, 1.82) is 5.26 Å². The summed E-state index contributed by atoms with van der Waals surface area (Å²) in [5.74, 6) is 0.900. The molecule has 2 aromatic rings. The Morgan fingerprint density at radius 3 is 2.71 bits per heavy atom. The fourth-order valence-electron chi connectivity index (χ4n) is 2.29. The van der Waals surface area contributed by atoms with E-state index in [4.69, 9.17) is 10.00 Å². The Hall–Kier alpha value is -2.80.